The molecule has 1 aromatic rings. The quantitative estimate of drug-likeness (QED) is 0.791. The maximum Gasteiger partial charge on any atom is 0.338 e. The van der Waals surface area contributed by atoms with E-state index in [0.717, 1.165) is 6.07 Å². The van der Waals surface area contributed by atoms with Crippen LogP contribution in [0, 0.1) is 11.6 Å². The summed E-state index contributed by atoms with van der Waals surface area (Å²) in [5, 5.41) is 8.64. The fraction of sp³-hybridized carbons (Fsp3) is 0.300. The minimum absolute atomic E-state index is 0.0266. The van der Waals surface area contributed by atoms with Gasteiger partial charge in [-0.1, -0.05) is 0 Å². The van der Waals surface area contributed by atoms with Crippen LogP contribution in [0.15, 0.2) is 12.1 Å². The van der Waals surface area contributed by atoms with Gasteiger partial charge in [-0.2, -0.15) is 0 Å². The summed E-state index contributed by atoms with van der Waals surface area (Å²) in [6.07, 6.45) is 0. The van der Waals surface area contributed by atoms with Gasteiger partial charge in [-0.25, -0.2) is 13.6 Å². The largest absolute Gasteiger partial charge is 0.478 e. The molecule has 0 saturated carbocycles. The predicted octanol–water partition coefficient (Wildman–Crippen LogP) is 1.86. The van der Waals surface area contributed by atoms with Crippen molar-refractivity contribution in [2.75, 3.05) is 0 Å². The van der Waals surface area contributed by atoms with Gasteiger partial charge in [-0.05, 0) is 19.9 Å². The average molecular weight is 215 g/mol. The zero-order valence-electron chi connectivity index (χ0n) is 8.34. The maximum absolute atomic E-state index is 13.3. The molecule has 0 amide bonds. The molecule has 0 atom stereocenters. The molecule has 82 valence electrons. The first-order valence-corrected chi connectivity index (χ1v) is 4.25. The highest BCUT2D eigenvalue weighted by Gasteiger charge is 2.23. The van der Waals surface area contributed by atoms with Crippen molar-refractivity contribution in [1.29, 1.82) is 0 Å². The van der Waals surface area contributed by atoms with E-state index in [4.69, 9.17) is 10.8 Å². The van der Waals surface area contributed by atoms with Crippen LogP contribution < -0.4 is 5.73 Å². The van der Waals surface area contributed by atoms with Crippen molar-refractivity contribution < 1.29 is 18.7 Å². The van der Waals surface area contributed by atoms with E-state index in [2.05, 4.69) is 0 Å². The van der Waals surface area contributed by atoms with E-state index in [9.17, 15) is 13.6 Å². The van der Waals surface area contributed by atoms with Gasteiger partial charge in [0.05, 0.1) is 5.56 Å². The molecule has 1 aromatic carbocycles. The lowest BCUT2D eigenvalue weighted by atomic mass is 9.93. The van der Waals surface area contributed by atoms with Crippen molar-refractivity contribution in [1.82, 2.24) is 0 Å². The minimum Gasteiger partial charge on any atom is -0.478 e. The molecule has 5 heteroatoms. The third kappa shape index (κ3) is 2.30. The molecule has 0 bridgehead atoms. The number of carboxylic acids is 1. The molecule has 0 unspecified atom stereocenters. The maximum atomic E-state index is 13.3. The minimum atomic E-state index is -1.45. The summed E-state index contributed by atoms with van der Waals surface area (Å²) in [6.45, 7) is 3.02. The standard InChI is InChI=1S/C10H11F2NO2/c1-10(2,13)6-3-5(9(14)15)7(11)4-8(6)12/h3-4H,13H2,1-2H3,(H,14,15). The van der Waals surface area contributed by atoms with E-state index >= 15 is 0 Å². The number of carbonyl (C=O) groups is 1. The Morgan fingerprint density at radius 1 is 1.33 bits per heavy atom. The Hall–Kier alpha value is -1.49. The van der Waals surface area contributed by atoms with E-state index in [1.54, 1.807) is 0 Å². The van der Waals surface area contributed by atoms with Crippen molar-refractivity contribution in [2.45, 2.75) is 19.4 Å². The highest BCUT2D eigenvalue weighted by molar-refractivity contribution is 5.88. The number of carboxylic acid groups (broad SMARTS) is 1. The summed E-state index contributed by atoms with van der Waals surface area (Å²) in [5.41, 5.74) is 3.96. The molecule has 15 heavy (non-hydrogen) atoms. The Kier molecular flexibility index (Phi) is 2.77. The third-order valence-electron chi connectivity index (χ3n) is 1.98. The van der Waals surface area contributed by atoms with Crippen molar-refractivity contribution in [3.05, 3.63) is 34.9 Å². The molecule has 0 aliphatic rings. The summed E-state index contributed by atoms with van der Waals surface area (Å²) >= 11 is 0. The monoisotopic (exact) mass is 215 g/mol. The zero-order chi connectivity index (χ0) is 11.8. The molecule has 0 aliphatic carbocycles. The van der Waals surface area contributed by atoms with Gasteiger partial charge in [-0.3, -0.25) is 0 Å². The first-order valence-electron chi connectivity index (χ1n) is 4.25. The van der Waals surface area contributed by atoms with Crippen molar-refractivity contribution in [2.24, 2.45) is 5.73 Å². The molecule has 0 aromatic heterocycles. The molecule has 3 N–H and O–H groups in total. The number of hydrogen-bond donors (Lipinski definition) is 2. The van der Waals surface area contributed by atoms with Crippen LogP contribution in [0.4, 0.5) is 8.78 Å². The highest BCUT2D eigenvalue weighted by atomic mass is 19.1. The van der Waals surface area contributed by atoms with E-state index in [-0.39, 0.29) is 5.56 Å². The Morgan fingerprint density at radius 2 is 1.87 bits per heavy atom. The van der Waals surface area contributed by atoms with Gasteiger partial charge in [0.15, 0.2) is 0 Å². The number of aromatic carboxylic acids is 1. The van der Waals surface area contributed by atoms with Crippen LogP contribution in [0.25, 0.3) is 0 Å². The normalized spacial score (nSPS) is 11.5. The van der Waals surface area contributed by atoms with Crippen molar-refractivity contribution in [3.8, 4) is 0 Å². The predicted molar refractivity (Wildman–Crippen MR) is 50.5 cm³/mol. The van der Waals surface area contributed by atoms with E-state index in [1.807, 2.05) is 0 Å². The first-order chi connectivity index (χ1) is 6.73. The Morgan fingerprint density at radius 3 is 2.27 bits per heavy atom. The van der Waals surface area contributed by atoms with E-state index < -0.39 is 28.7 Å². The molecule has 0 saturated heterocycles. The molecule has 0 spiro atoms. The molecule has 0 heterocycles. The van der Waals surface area contributed by atoms with Crippen molar-refractivity contribution >= 4 is 5.97 Å². The first kappa shape index (κ1) is 11.6. The van der Waals surface area contributed by atoms with Gasteiger partial charge in [0, 0.05) is 17.2 Å². The van der Waals surface area contributed by atoms with Gasteiger partial charge < -0.3 is 10.8 Å². The fourth-order valence-electron chi connectivity index (χ4n) is 1.21. The van der Waals surface area contributed by atoms with Crippen LogP contribution in [-0.2, 0) is 5.54 Å². The lowest BCUT2D eigenvalue weighted by Gasteiger charge is -2.20. The van der Waals surface area contributed by atoms with Crippen LogP contribution in [0.5, 0.6) is 0 Å². The lowest BCUT2D eigenvalue weighted by molar-refractivity contribution is 0.0691. The van der Waals surface area contributed by atoms with Crippen LogP contribution in [-0.4, -0.2) is 11.1 Å². The van der Waals surface area contributed by atoms with Gasteiger partial charge in [0.1, 0.15) is 11.6 Å². The van der Waals surface area contributed by atoms with Crippen LogP contribution in [0.2, 0.25) is 0 Å². The lowest BCUT2D eigenvalue weighted by Crippen LogP contribution is -2.30. The molecular formula is C10H11F2NO2. The summed E-state index contributed by atoms with van der Waals surface area (Å²) < 4.78 is 26.3. The highest BCUT2D eigenvalue weighted by Crippen LogP contribution is 2.23. The second-order valence-electron chi connectivity index (χ2n) is 3.84. The van der Waals surface area contributed by atoms with Crippen molar-refractivity contribution in [3.63, 3.8) is 0 Å². The average Bonchev–Trinajstić information content (AvgIpc) is 2.00. The molecule has 3 nitrogen and oxygen atoms in total. The molecule has 0 fully saturated rings. The number of halogens is 2. The number of benzene rings is 1. The van der Waals surface area contributed by atoms with E-state index in [0.29, 0.717) is 6.07 Å². The number of hydrogen-bond acceptors (Lipinski definition) is 2. The SMILES string of the molecule is CC(C)(N)c1cc(C(=O)O)c(F)cc1F. The van der Waals surface area contributed by atoms with Gasteiger partial charge in [0.25, 0.3) is 0 Å². The summed E-state index contributed by atoms with van der Waals surface area (Å²) in [7, 11) is 0. The summed E-state index contributed by atoms with van der Waals surface area (Å²) in [6, 6.07) is 1.46. The second kappa shape index (κ2) is 3.58. The Bertz CT molecular complexity index is 411. The smallest absolute Gasteiger partial charge is 0.338 e. The third-order valence-corrected chi connectivity index (χ3v) is 1.98. The number of rotatable bonds is 2. The van der Waals surface area contributed by atoms with Crippen LogP contribution in [0.1, 0.15) is 29.8 Å². The summed E-state index contributed by atoms with van der Waals surface area (Å²) in [5.74, 6) is -3.39. The van der Waals surface area contributed by atoms with Gasteiger partial charge in [-0.15, -0.1) is 0 Å². The zero-order valence-corrected chi connectivity index (χ0v) is 8.34. The van der Waals surface area contributed by atoms with Gasteiger partial charge in [0.2, 0.25) is 0 Å². The molecule has 0 radical (unpaired) electrons. The molecule has 0 aliphatic heterocycles. The topological polar surface area (TPSA) is 63.3 Å². The molecular weight excluding hydrogens is 204 g/mol. The van der Waals surface area contributed by atoms with Gasteiger partial charge >= 0.3 is 5.97 Å². The molecule has 1 rings (SSSR count). The summed E-state index contributed by atoms with van der Waals surface area (Å²) in [4.78, 5) is 10.6. The van der Waals surface area contributed by atoms with E-state index in [1.165, 1.54) is 13.8 Å². The Labute approximate surface area is 85.5 Å². The van der Waals surface area contributed by atoms with Crippen LogP contribution in [0.3, 0.4) is 0 Å². The van der Waals surface area contributed by atoms with Crippen LogP contribution >= 0.6 is 0 Å². The fourth-order valence-corrected chi connectivity index (χ4v) is 1.21. The second-order valence-corrected chi connectivity index (χ2v) is 3.84. The Balaban J connectivity index is 3.43. The number of nitrogens with two attached hydrogens (primary N) is 1.